The van der Waals surface area contributed by atoms with E-state index in [9.17, 15) is 9.59 Å². The van der Waals surface area contributed by atoms with Crippen molar-refractivity contribution in [2.45, 2.75) is 85.2 Å². The molecule has 0 aromatic carbocycles. The summed E-state index contributed by atoms with van der Waals surface area (Å²) < 4.78 is 0. The fourth-order valence-corrected chi connectivity index (χ4v) is 2.60. The summed E-state index contributed by atoms with van der Waals surface area (Å²) in [7, 11) is 0. The van der Waals surface area contributed by atoms with Crippen molar-refractivity contribution in [2.75, 3.05) is 0 Å². The molecule has 0 aliphatic carbocycles. The molecule has 0 radical (unpaired) electrons. The normalized spacial score (nSPS) is 13.6. The highest BCUT2D eigenvalue weighted by atomic mass is 16.4. The number of carbonyl (C=O) groups is 2. The summed E-state index contributed by atoms with van der Waals surface area (Å²) in [6.45, 7) is 12.3. The van der Waals surface area contributed by atoms with Crippen molar-refractivity contribution in [3.8, 4) is 0 Å². The molecule has 21 heavy (non-hydrogen) atoms. The van der Waals surface area contributed by atoms with Crippen LogP contribution in [-0.2, 0) is 4.79 Å². The maximum Gasteiger partial charge on any atom is 0.315 e. The summed E-state index contributed by atoms with van der Waals surface area (Å²) in [5.74, 6) is -0.891. The van der Waals surface area contributed by atoms with Gasteiger partial charge in [-0.1, -0.05) is 41.5 Å². The van der Waals surface area contributed by atoms with Crippen LogP contribution in [0.25, 0.3) is 0 Å². The topological polar surface area (TPSA) is 78.4 Å². The second kappa shape index (κ2) is 8.25. The molecule has 124 valence electrons. The van der Waals surface area contributed by atoms with Crippen LogP contribution >= 0.6 is 0 Å². The Bertz CT molecular complexity index is 336. The van der Waals surface area contributed by atoms with Gasteiger partial charge in [0.05, 0.1) is 6.42 Å². The van der Waals surface area contributed by atoms with Crippen molar-refractivity contribution in [2.24, 2.45) is 5.41 Å². The van der Waals surface area contributed by atoms with E-state index in [1.807, 2.05) is 20.8 Å². The zero-order valence-electron chi connectivity index (χ0n) is 14.4. The van der Waals surface area contributed by atoms with Crippen LogP contribution in [0.3, 0.4) is 0 Å². The smallest absolute Gasteiger partial charge is 0.315 e. The van der Waals surface area contributed by atoms with Gasteiger partial charge < -0.3 is 15.7 Å². The van der Waals surface area contributed by atoms with Crippen molar-refractivity contribution in [1.29, 1.82) is 0 Å². The third-order valence-electron chi connectivity index (χ3n) is 4.02. The molecular weight excluding hydrogens is 268 g/mol. The lowest BCUT2D eigenvalue weighted by molar-refractivity contribution is -0.137. The van der Waals surface area contributed by atoms with Crippen molar-refractivity contribution in [3.05, 3.63) is 0 Å². The van der Waals surface area contributed by atoms with E-state index >= 15 is 0 Å². The fourth-order valence-electron chi connectivity index (χ4n) is 2.60. The summed E-state index contributed by atoms with van der Waals surface area (Å²) >= 11 is 0. The molecule has 0 heterocycles. The number of carboxylic acids is 1. The minimum Gasteiger partial charge on any atom is -0.481 e. The SMILES string of the molecule is CCC(CC)(CC)NC(=O)NC(CC(=O)O)CC(C)(C)C. The minimum absolute atomic E-state index is 0.0370. The van der Waals surface area contributed by atoms with E-state index in [0.29, 0.717) is 6.42 Å². The van der Waals surface area contributed by atoms with E-state index in [1.165, 1.54) is 0 Å². The number of nitrogens with one attached hydrogen (secondary N) is 2. The first-order chi connectivity index (χ1) is 9.57. The third kappa shape index (κ3) is 7.93. The highest BCUT2D eigenvalue weighted by Crippen LogP contribution is 2.23. The fraction of sp³-hybridized carbons (Fsp3) is 0.875. The average Bonchev–Trinajstić information content (AvgIpc) is 2.33. The highest BCUT2D eigenvalue weighted by molar-refractivity contribution is 5.76. The maximum absolute atomic E-state index is 12.2. The molecule has 0 aliphatic rings. The van der Waals surface area contributed by atoms with Gasteiger partial charge in [-0.3, -0.25) is 4.79 Å². The Morgan fingerprint density at radius 1 is 1.05 bits per heavy atom. The molecule has 0 bridgehead atoms. The minimum atomic E-state index is -0.891. The van der Waals surface area contributed by atoms with Gasteiger partial charge in [-0.25, -0.2) is 4.79 Å². The molecule has 1 unspecified atom stereocenters. The molecule has 0 rings (SSSR count). The van der Waals surface area contributed by atoms with Crippen LogP contribution in [0.2, 0.25) is 0 Å². The Morgan fingerprint density at radius 2 is 1.52 bits per heavy atom. The predicted octanol–water partition coefficient (Wildman–Crippen LogP) is 3.53. The molecule has 0 aliphatic heterocycles. The van der Waals surface area contributed by atoms with E-state index < -0.39 is 5.97 Å². The number of amides is 2. The summed E-state index contributed by atoms with van der Waals surface area (Å²) in [5.41, 5.74) is -0.246. The Morgan fingerprint density at radius 3 is 1.86 bits per heavy atom. The Labute approximate surface area is 128 Å². The molecule has 0 saturated carbocycles. The molecule has 2 amide bonds. The molecule has 0 spiro atoms. The monoisotopic (exact) mass is 300 g/mol. The number of carbonyl (C=O) groups excluding carboxylic acids is 1. The number of urea groups is 1. The van der Waals surface area contributed by atoms with Crippen molar-refractivity contribution >= 4 is 12.0 Å². The molecular formula is C16H32N2O3. The average molecular weight is 300 g/mol. The number of aliphatic carboxylic acids is 1. The second-order valence-electron chi connectivity index (χ2n) is 7.00. The van der Waals surface area contributed by atoms with Crippen LogP contribution in [0.15, 0.2) is 0 Å². The summed E-state index contributed by atoms with van der Waals surface area (Å²) in [4.78, 5) is 23.2. The lowest BCUT2D eigenvalue weighted by Gasteiger charge is -2.33. The Kier molecular flexibility index (Phi) is 7.75. The molecule has 1 atom stereocenters. The first kappa shape index (κ1) is 19.7. The summed E-state index contributed by atoms with van der Waals surface area (Å²) in [6, 6.07) is -0.623. The molecule has 0 saturated heterocycles. The van der Waals surface area contributed by atoms with Gasteiger partial charge in [-0.15, -0.1) is 0 Å². The van der Waals surface area contributed by atoms with Gasteiger partial charge in [-0.05, 0) is 31.1 Å². The van der Waals surface area contributed by atoms with E-state index in [-0.39, 0.29) is 29.4 Å². The van der Waals surface area contributed by atoms with Crippen molar-refractivity contribution < 1.29 is 14.7 Å². The molecule has 5 nitrogen and oxygen atoms in total. The molecule has 3 N–H and O–H groups in total. The molecule has 0 fully saturated rings. The molecule has 0 aromatic heterocycles. The van der Waals surface area contributed by atoms with E-state index in [4.69, 9.17) is 5.11 Å². The van der Waals surface area contributed by atoms with Crippen LogP contribution in [0.4, 0.5) is 4.79 Å². The van der Waals surface area contributed by atoms with Crippen molar-refractivity contribution in [1.82, 2.24) is 10.6 Å². The van der Waals surface area contributed by atoms with Gasteiger partial charge >= 0.3 is 12.0 Å². The van der Waals surface area contributed by atoms with Gasteiger partial charge in [0.15, 0.2) is 0 Å². The molecule has 5 heteroatoms. The lowest BCUT2D eigenvalue weighted by Crippen LogP contribution is -2.54. The number of carboxylic acid groups (broad SMARTS) is 1. The maximum atomic E-state index is 12.2. The summed E-state index contributed by atoms with van der Waals surface area (Å²) in [5, 5.41) is 14.9. The predicted molar refractivity (Wildman–Crippen MR) is 85.4 cm³/mol. The summed E-state index contributed by atoms with van der Waals surface area (Å²) in [6.07, 6.45) is 3.15. The first-order valence-electron chi connectivity index (χ1n) is 7.88. The zero-order chi connectivity index (χ0) is 16.7. The van der Waals surface area contributed by atoms with Crippen LogP contribution in [0.1, 0.15) is 73.6 Å². The Hall–Kier alpha value is -1.26. The zero-order valence-corrected chi connectivity index (χ0v) is 14.4. The first-order valence-corrected chi connectivity index (χ1v) is 7.88. The van der Waals surface area contributed by atoms with Crippen LogP contribution in [-0.4, -0.2) is 28.7 Å². The number of rotatable bonds is 8. The second-order valence-corrected chi connectivity index (χ2v) is 7.00. The van der Waals surface area contributed by atoms with Crippen LogP contribution in [0.5, 0.6) is 0 Å². The quantitative estimate of drug-likeness (QED) is 0.641. The van der Waals surface area contributed by atoms with Crippen molar-refractivity contribution in [3.63, 3.8) is 0 Å². The largest absolute Gasteiger partial charge is 0.481 e. The van der Waals surface area contributed by atoms with E-state index in [2.05, 4.69) is 31.4 Å². The third-order valence-corrected chi connectivity index (χ3v) is 4.02. The number of hydrogen-bond acceptors (Lipinski definition) is 2. The van der Waals surface area contributed by atoms with Crippen LogP contribution < -0.4 is 10.6 Å². The van der Waals surface area contributed by atoms with E-state index in [0.717, 1.165) is 19.3 Å². The van der Waals surface area contributed by atoms with Gasteiger partial charge in [0.2, 0.25) is 0 Å². The highest BCUT2D eigenvalue weighted by Gasteiger charge is 2.28. The van der Waals surface area contributed by atoms with E-state index in [1.54, 1.807) is 0 Å². The standard InChI is InChI=1S/C16H32N2O3/c1-7-16(8-2,9-3)18-14(21)17-12(10-13(19)20)11-15(4,5)6/h12H,7-11H2,1-6H3,(H,19,20)(H2,17,18,21). The number of hydrogen-bond donors (Lipinski definition) is 3. The van der Waals surface area contributed by atoms with Gasteiger partial charge in [-0.2, -0.15) is 0 Å². The van der Waals surface area contributed by atoms with Gasteiger partial charge in [0.1, 0.15) is 0 Å². The van der Waals surface area contributed by atoms with Gasteiger partial charge in [0, 0.05) is 11.6 Å². The van der Waals surface area contributed by atoms with Crippen LogP contribution in [0, 0.1) is 5.41 Å². The Balaban J connectivity index is 4.76. The lowest BCUT2D eigenvalue weighted by atomic mass is 9.87. The molecule has 0 aromatic rings. The van der Waals surface area contributed by atoms with Gasteiger partial charge in [0.25, 0.3) is 0 Å².